The zero-order valence-corrected chi connectivity index (χ0v) is 30.4. The minimum Gasteiger partial charge on any atom is -0.227 e. The fraction of sp³-hybridized carbons (Fsp3) is 0. The fourth-order valence-electron chi connectivity index (χ4n) is 9.25. The molecule has 56 heavy (non-hydrogen) atoms. The zero-order chi connectivity index (χ0) is 36.7. The highest BCUT2D eigenvalue weighted by Crippen LogP contribution is 2.51. The zero-order valence-electron chi connectivity index (χ0n) is 30.4. The van der Waals surface area contributed by atoms with E-state index in [-0.39, 0.29) is 0 Å². The van der Waals surface area contributed by atoms with Crippen LogP contribution >= 0.6 is 0 Å². The van der Waals surface area contributed by atoms with Gasteiger partial charge in [0.25, 0.3) is 0 Å². The van der Waals surface area contributed by atoms with Crippen molar-refractivity contribution in [3.8, 4) is 67.3 Å². The first kappa shape index (κ1) is 31.0. The van der Waals surface area contributed by atoms with Crippen molar-refractivity contribution in [2.45, 2.75) is 0 Å². The first-order valence-electron chi connectivity index (χ1n) is 19.2. The van der Waals surface area contributed by atoms with Crippen LogP contribution in [0, 0.1) is 0 Å². The van der Waals surface area contributed by atoms with Gasteiger partial charge in [0.15, 0.2) is 5.82 Å². The van der Waals surface area contributed by atoms with Crippen LogP contribution in [0.25, 0.3) is 121 Å². The van der Waals surface area contributed by atoms with Crippen molar-refractivity contribution >= 4 is 53.9 Å². The highest BCUT2D eigenvalue weighted by Gasteiger charge is 2.28. The summed E-state index contributed by atoms with van der Waals surface area (Å²) in [6.45, 7) is 0. The van der Waals surface area contributed by atoms with Crippen LogP contribution in [-0.4, -0.2) is 9.97 Å². The van der Waals surface area contributed by atoms with Gasteiger partial charge in [-0.2, -0.15) is 0 Å². The normalized spacial score (nSPS) is 11.9. The van der Waals surface area contributed by atoms with Gasteiger partial charge in [-0.1, -0.05) is 170 Å². The number of nitrogens with zero attached hydrogens (tertiary/aromatic N) is 2. The predicted octanol–water partition coefficient (Wildman–Crippen LogP) is 14.6. The third kappa shape index (κ3) is 4.63. The Balaban J connectivity index is 1.07. The lowest BCUT2D eigenvalue weighted by Crippen LogP contribution is -1.98. The van der Waals surface area contributed by atoms with Crippen molar-refractivity contribution in [3.63, 3.8) is 0 Å². The highest BCUT2D eigenvalue weighted by atomic mass is 14.9. The molecule has 1 aliphatic carbocycles. The molecule has 258 valence electrons. The van der Waals surface area contributed by atoms with E-state index in [0.717, 1.165) is 39.5 Å². The number of fused-ring (bicyclic) bond motifs is 7. The molecule has 12 rings (SSSR count). The highest BCUT2D eigenvalue weighted by molar-refractivity contribution is 6.22. The first-order valence-corrected chi connectivity index (χ1v) is 19.2. The maximum atomic E-state index is 5.40. The van der Waals surface area contributed by atoms with Gasteiger partial charge in [0, 0.05) is 22.3 Å². The Morgan fingerprint density at radius 3 is 1.46 bits per heavy atom. The molecule has 0 saturated heterocycles. The molecular weight excluding hydrogens is 677 g/mol. The molecule has 0 spiro atoms. The van der Waals surface area contributed by atoms with E-state index in [2.05, 4.69) is 194 Å². The van der Waals surface area contributed by atoms with E-state index in [4.69, 9.17) is 9.97 Å². The van der Waals surface area contributed by atoms with Crippen LogP contribution in [0.15, 0.2) is 194 Å². The topological polar surface area (TPSA) is 25.8 Å². The summed E-state index contributed by atoms with van der Waals surface area (Å²) in [4.78, 5) is 10.8. The lowest BCUT2D eigenvalue weighted by molar-refractivity contribution is 1.19. The van der Waals surface area contributed by atoms with Gasteiger partial charge in [-0.3, -0.25) is 0 Å². The van der Waals surface area contributed by atoms with E-state index in [1.807, 2.05) is 0 Å². The predicted molar refractivity (Wildman–Crippen MR) is 236 cm³/mol. The molecule has 1 aliphatic rings. The number of aromatic nitrogens is 2. The fourth-order valence-corrected chi connectivity index (χ4v) is 9.25. The Morgan fingerprint density at radius 1 is 0.268 bits per heavy atom. The molecule has 11 aromatic rings. The Hall–Kier alpha value is -7.42. The van der Waals surface area contributed by atoms with Gasteiger partial charge < -0.3 is 0 Å². The average molecular weight is 709 g/mol. The van der Waals surface area contributed by atoms with Crippen LogP contribution in [0.3, 0.4) is 0 Å². The van der Waals surface area contributed by atoms with Crippen LogP contribution in [0.5, 0.6) is 0 Å². The number of hydrogen-bond acceptors (Lipinski definition) is 2. The van der Waals surface area contributed by atoms with Crippen LogP contribution in [-0.2, 0) is 0 Å². The van der Waals surface area contributed by atoms with E-state index in [0.29, 0.717) is 0 Å². The van der Waals surface area contributed by atoms with E-state index < -0.39 is 0 Å². The van der Waals surface area contributed by atoms with Gasteiger partial charge >= 0.3 is 0 Å². The number of benzene rings is 10. The molecule has 0 atom stereocenters. The summed E-state index contributed by atoms with van der Waals surface area (Å²) in [6, 6.07) is 70.4. The Bertz CT molecular complexity index is 3350. The lowest BCUT2D eigenvalue weighted by atomic mass is 9.85. The van der Waals surface area contributed by atoms with Crippen LogP contribution in [0.2, 0.25) is 0 Å². The minimum absolute atomic E-state index is 0.725. The quantitative estimate of drug-likeness (QED) is 0.170. The monoisotopic (exact) mass is 708 g/mol. The number of rotatable bonds is 4. The van der Waals surface area contributed by atoms with Crippen LogP contribution in [0.1, 0.15) is 0 Å². The molecule has 0 amide bonds. The molecule has 0 bridgehead atoms. The summed E-state index contributed by atoms with van der Waals surface area (Å²) in [6.07, 6.45) is 0. The number of hydrogen-bond donors (Lipinski definition) is 0. The molecule has 0 saturated carbocycles. The van der Waals surface area contributed by atoms with Gasteiger partial charge in [-0.15, -0.1) is 0 Å². The van der Waals surface area contributed by atoms with Crippen molar-refractivity contribution in [1.82, 2.24) is 9.97 Å². The molecule has 0 fully saturated rings. The largest absolute Gasteiger partial charge is 0.227 e. The second-order valence-electron chi connectivity index (χ2n) is 14.9. The third-order valence-electron chi connectivity index (χ3n) is 11.7. The Labute approximate surface area is 324 Å². The first-order chi connectivity index (χ1) is 27.8. The summed E-state index contributed by atoms with van der Waals surface area (Å²) >= 11 is 0. The minimum atomic E-state index is 0.725. The summed E-state index contributed by atoms with van der Waals surface area (Å²) in [5, 5.41) is 12.4. The molecule has 10 aromatic carbocycles. The molecule has 0 radical (unpaired) electrons. The van der Waals surface area contributed by atoms with Gasteiger partial charge in [-0.25, -0.2) is 9.97 Å². The van der Waals surface area contributed by atoms with Crippen LogP contribution in [0.4, 0.5) is 0 Å². The van der Waals surface area contributed by atoms with Crippen molar-refractivity contribution in [2.24, 2.45) is 0 Å². The van der Waals surface area contributed by atoms with Crippen molar-refractivity contribution in [2.75, 3.05) is 0 Å². The second kappa shape index (κ2) is 12.0. The maximum absolute atomic E-state index is 5.40. The van der Waals surface area contributed by atoms with Gasteiger partial charge in [0.05, 0.1) is 11.4 Å². The van der Waals surface area contributed by atoms with Crippen molar-refractivity contribution in [3.05, 3.63) is 194 Å². The Morgan fingerprint density at radius 2 is 0.768 bits per heavy atom. The van der Waals surface area contributed by atoms with E-state index in [1.54, 1.807) is 0 Å². The van der Waals surface area contributed by atoms with E-state index in [9.17, 15) is 0 Å². The second-order valence-corrected chi connectivity index (χ2v) is 14.9. The third-order valence-corrected chi connectivity index (χ3v) is 11.7. The molecule has 2 heteroatoms. The molecular formula is C54H32N2. The average Bonchev–Trinajstić information content (AvgIpc) is 3.59. The molecule has 0 N–H and O–H groups in total. The molecule has 0 aliphatic heterocycles. The Kier molecular flexibility index (Phi) is 6.66. The molecule has 2 nitrogen and oxygen atoms in total. The summed E-state index contributed by atoms with van der Waals surface area (Å²) < 4.78 is 0. The van der Waals surface area contributed by atoms with E-state index >= 15 is 0 Å². The summed E-state index contributed by atoms with van der Waals surface area (Å²) in [5.41, 5.74) is 12.3. The summed E-state index contributed by atoms with van der Waals surface area (Å²) in [7, 11) is 0. The summed E-state index contributed by atoms with van der Waals surface area (Å²) in [5.74, 6) is 0.725. The SMILES string of the molecule is c1ccc(-c2nc(-c3cccc(-c4c5ccccc5c(-c5ccc6cc7ccccc7cc6c5)c5ccccc45)c3)nc3c2-c2cccc4cccc-3c24)cc1. The maximum Gasteiger partial charge on any atom is 0.160 e. The molecule has 1 heterocycles. The van der Waals surface area contributed by atoms with Crippen molar-refractivity contribution in [1.29, 1.82) is 0 Å². The smallest absolute Gasteiger partial charge is 0.160 e. The van der Waals surface area contributed by atoms with Gasteiger partial charge in [0.2, 0.25) is 0 Å². The van der Waals surface area contributed by atoms with Crippen molar-refractivity contribution < 1.29 is 0 Å². The van der Waals surface area contributed by atoms with Gasteiger partial charge in [0.1, 0.15) is 0 Å². The lowest BCUT2D eigenvalue weighted by Gasteiger charge is -2.18. The molecule has 0 unspecified atom stereocenters. The molecule has 1 aromatic heterocycles. The van der Waals surface area contributed by atoms with E-state index in [1.165, 1.54) is 81.7 Å². The standard InChI is InChI=1S/C54H32N2/c1-2-13-34(14-3-1)52-51-46-25-11-17-33-18-12-26-47(48(33)46)53(51)56-54(55-52)40-20-10-19-38(31-40)49-42-21-6-8-23-44(42)50(45-24-9-7-22-43(45)49)39-28-27-37-29-35-15-4-5-16-36(35)30-41(37)32-39/h1-32H. The van der Waals surface area contributed by atoms with Gasteiger partial charge in [-0.05, 0) is 106 Å². The van der Waals surface area contributed by atoms with Crippen LogP contribution < -0.4 is 0 Å².